The van der Waals surface area contributed by atoms with Gasteiger partial charge in [-0.25, -0.2) is 9.78 Å². The summed E-state index contributed by atoms with van der Waals surface area (Å²) in [4.78, 5) is 28.0. The van der Waals surface area contributed by atoms with Crippen LogP contribution in [-0.2, 0) is 25.6 Å². The monoisotopic (exact) mass is 540 g/mol. The second-order valence-corrected chi connectivity index (χ2v) is 9.86. The van der Waals surface area contributed by atoms with E-state index in [0.717, 1.165) is 22.3 Å². The van der Waals surface area contributed by atoms with Gasteiger partial charge in [0.1, 0.15) is 23.8 Å². The van der Waals surface area contributed by atoms with Gasteiger partial charge in [-0.15, -0.1) is 0 Å². The minimum atomic E-state index is -0.599. The fourth-order valence-corrected chi connectivity index (χ4v) is 3.80. The summed E-state index contributed by atoms with van der Waals surface area (Å²) in [5.41, 5.74) is 2.78. The minimum absolute atomic E-state index is 0.144. The number of halogens is 1. The van der Waals surface area contributed by atoms with Crippen LogP contribution in [0.3, 0.4) is 0 Å². The zero-order valence-corrected chi connectivity index (χ0v) is 23.0. The summed E-state index contributed by atoms with van der Waals surface area (Å²) >= 11 is 6.46. The molecule has 3 aromatic rings. The smallest absolute Gasteiger partial charge is 0.413 e. The third-order valence-corrected chi connectivity index (χ3v) is 5.67. The van der Waals surface area contributed by atoms with Gasteiger partial charge in [0, 0.05) is 29.0 Å². The minimum Gasteiger partial charge on any atom is -0.489 e. The molecule has 1 heterocycles. The van der Waals surface area contributed by atoms with E-state index in [2.05, 4.69) is 10.3 Å². The number of pyridine rings is 1. The number of rotatable bonds is 10. The van der Waals surface area contributed by atoms with Crippen LogP contribution in [0.5, 0.6) is 5.75 Å². The molecule has 0 saturated carbocycles. The molecule has 0 saturated heterocycles. The molecule has 2 aromatic carbocycles. The molecule has 202 valence electrons. The summed E-state index contributed by atoms with van der Waals surface area (Å²) in [6.45, 7) is 8.07. The maximum Gasteiger partial charge on any atom is 0.413 e. The van der Waals surface area contributed by atoms with E-state index in [1.54, 1.807) is 33.0 Å². The van der Waals surface area contributed by atoms with Crippen LogP contribution in [0.15, 0.2) is 60.8 Å². The molecule has 1 N–H and O–H groups in total. The fraction of sp³-hybridized carbons (Fsp3) is 0.345. The van der Waals surface area contributed by atoms with Gasteiger partial charge in [-0.05, 0) is 75.2 Å². The zero-order valence-electron chi connectivity index (χ0n) is 22.2. The van der Waals surface area contributed by atoms with Crippen LogP contribution in [-0.4, -0.2) is 36.4 Å². The maximum absolute atomic E-state index is 12.0. The van der Waals surface area contributed by atoms with Crippen LogP contribution in [0, 0.1) is 0 Å². The van der Waals surface area contributed by atoms with Crippen molar-refractivity contribution in [1.82, 2.24) is 4.98 Å². The number of amides is 1. The maximum atomic E-state index is 12.0. The van der Waals surface area contributed by atoms with E-state index in [4.69, 9.17) is 30.5 Å². The van der Waals surface area contributed by atoms with Crippen molar-refractivity contribution in [2.24, 2.45) is 0 Å². The Bertz CT molecular complexity index is 1220. The molecular weight excluding hydrogens is 508 g/mol. The number of benzene rings is 2. The molecule has 0 bridgehead atoms. The largest absolute Gasteiger partial charge is 0.489 e. The van der Waals surface area contributed by atoms with Gasteiger partial charge >= 0.3 is 12.1 Å². The van der Waals surface area contributed by atoms with Crippen molar-refractivity contribution in [2.45, 2.75) is 52.4 Å². The fourth-order valence-electron chi connectivity index (χ4n) is 3.57. The van der Waals surface area contributed by atoms with Crippen molar-refractivity contribution in [3.63, 3.8) is 0 Å². The Morgan fingerprint density at radius 3 is 2.39 bits per heavy atom. The average Bonchev–Trinajstić information content (AvgIpc) is 2.87. The number of carbonyl (C=O) groups is 2. The van der Waals surface area contributed by atoms with Gasteiger partial charge in [-0.2, -0.15) is 0 Å². The first-order valence-corrected chi connectivity index (χ1v) is 12.6. The van der Waals surface area contributed by atoms with E-state index in [0.29, 0.717) is 29.8 Å². The molecule has 0 aliphatic carbocycles. The SMILES string of the molecule is CCO[C@@H](CC(=O)OC)c1ccc(OCc2ccc(Cl)c(-c3ccc(NC(=O)OC(C)(C)C)nc3)c2)cc1. The topological polar surface area (TPSA) is 96.0 Å². The van der Waals surface area contributed by atoms with Gasteiger partial charge in [0.2, 0.25) is 0 Å². The van der Waals surface area contributed by atoms with Crippen molar-refractivity contribution < 1.29 is 28.5 Å². The highest BCUT2D eigenvalue weighted by Gasteiger charge is 2.18. The van der Waals surface area contributed by atoms with E-state index in [1.165, 1.54) is 7.11 Å². The number of hydrogen-bond acceptors (Lipinski definition) is 7. The molecule has 8 nitrogen and oxygen atoms in total. The lowest BCUT2D eigenvalue weighted by atomic mass is 10.0. The molecule has 0 aliphatic heterocycles. The number of carbonyl (C=O) groups excluding carboxylic acids is 2. The summed E-state index contributed by atoms with van der Waals surface area (Å²) in [5, 5.41) is 3.19. The summed E-state index contributed by atoms with van der Waals surface area (Å²) in [7, 11) is 1.36. The summed E-state index contributed by atoms with van der Waals surface area (Å²) < 4.78 is 21.7. The third-order valence-electron chi connectivity index (χ3n) is 5.34. The van der Waals surface area contributed by atoms with Gasteiger partial charge < -0.3 is 18.9 Å². The van der Waals surface area contributed by atoms with Crippen LogP contribution in [0.2, 0.25) is 5.02 Å². The van der Waals surface area contributed by atoms with Crippen molar-refractivity contribution in [1.29, 1.82) is 0 Å². The number of esters is 1. The predicted octanol–water partition coefficient (Wildman–Crippen LogP) is 6.97. The zero-order chi connectivity index (χ0) is 27.7. The van der Waals surface area contributed by atoms with Gasteiger partial charge in [-0.3, -0.25) is 10.1 Å². The molecule has 0 unspecified atom stereocenters. The quantitative estimate of drug-likeness (QED) is 0.277. The lowest BCUT2D eigenvalue weighted by Gasteiger charge is -2.19. The van der Waals surface area contributed by atoms with Gasteiger partial charge in [0.25, 0.3) is 0 Å². The summed E-state index contributed by atoms with van der Waals surface area (Å²) in [6, 6.07) is 16.6. The first-order valence-electron chi connectivity index (χ1n) is 12.2. The molecular formula is C29H33ClN2O6. The Kier molecular flexibility index (Phi) is 10.1. The van der Waals surface area contributed by atoms with Crippen molar-refractivity contribution in [2.75, 3.05) is 19.0 Å². The number of aromatic nitrogens is 1. The van der Waals surface area contributed by atoms with Crippen molar-refractivity contribution in [3.05, 3.63) is 76.9 Å². The Labute approximate surface area is 228 Å². The summed E-state index contributed by atoms with van der Waals surface area (Å²) in [6.07, 6.45) is 0.838. The lowest BCUT2D eigenvalue weighted by Crippen LogP contribution is -2.27. The molecule has 0 aliphatic rings. The highest BCUT2D eigenvalue weighted by atomic mass is 35.5. The number of anilines is 1. The molecule has 9 heteroatoms. The highest BCUT2D eigenvalue weighted by molar-refractivity contribution is 6.33. The number of ether oxygens (including phenoxy) is 4. The van der Waals surface area contributed by atoms with E-state index in [9.17, 15) is 9.59 Å². The molecule has 1 aromatic heterocycles. The number of hydrogen-bond donors (Lipinski definition) is 1. The molecule has 0 radical (unpaired) electrons. The van der Waals surface area contributed by atoms with Crippen LogP contribution in [0.4, 0.5) is 10.6 Å². The molecule has 1 amide bonds. The Morgan fingerprint density at radius 1 is 1.05 bits per heavy atom. The molecule has 0 fully saturated rings. The number of nitrogens with one attached hydrogen (secondary N) is 1. The normalized spacial score (nSPS) is 11.9. The Morgan fingerprint density at radius 2 is 1.79 bits per heavy atom. The van der Waals surface area contributed by atoms with Gasteiger partial charge in [0.05, 0.1) is 19.6 Å². The molecule has 3 rings (SSSR count). The van der Waals surface area contributed by atoms with Crippen LogP contribution < -0.4 is 10.1 Å². The second-order valence-electron chi connectivity index (χ2n) is 9.46. The Hall–Kier alpha value is -3.62. The summed E-state index contributed by atoms with van der Waals surface area (Å²) in [5.74, 6) is 0.726. The van der Waals surface area contributed by atoms with Crippen LogP contribution in [0.1, 0.15) is 51.3 Å². The second kappa shape index (κ2) is 13.3. The van der Waals surface area contributed by atoms with Crippen LogP contribution in [0.25, 0.3) is 11.1 Å². The highest BCUT2D eigenvalue weighted by Crippen LogP contribution is 2.30. The van der Waals surface area contributed by atoms with E-state index < -0.39 is 11.7 Å². The first kappa shape index (κ1) is 28.9. The third kappa shape index (κ3) is 8.75. The first-order chi connectivity index (χ1) is 18.1. The average molecular weight is 541 g/mol. The lowest BCUT2D eigenvalue weighted by molar-refractivity contribution is -0.143. The predicted molar refractivity (Wildman–Crippen MR) is 146 cm³/mol. The van der Waals surface area contributed by atoms with Crippen molar-refractivity contribution in [3.8, 4) is 16.9 Å². The van der Waals surface area contributed by atoms with Gasteiger partial charge in [0.15, 0.2) is 0 Å². The van der Waals surface area contributed by atoms with E-state index >= 15 is 0 Å². The van der Waals surface area contributed by atoms with Crippen LogP contribution >= 0.6 is 11.6 Å². The van der Waals surface area contributed by atoms with E-state index in [-0.39, 0.29) is 18.5 Å². The van der Waals surface area contributed by atoms with Crippen molar-refractivity contribution >= 4 is 29.5 Å². The number of methoxy groups -OCH3 is 1. The molecule has 38 heavy (non-hydrogen) atoms. The van der Waals surface area contributed by atoms with E-state index in [1.807, 2.05) is 55.5 Å². The standard InChI is InChI=1S/C29H33ClN2O6/c1-6-36-25(16-27(33)35-5)20-8-11-22(12-9-20)37-18-19-7-13-24(30)23(15-19)21-10-14-26(31-17-21)32-28(34)38-29(2,3)4/h7-15,17,25H,6,16,18H2,1-5H3,(H,31,32,34)/t25-/m0/s1. The molecule has 0 spiro atoms. The van der Waals surface area contributed by atoms with Gasteiger partial charge in [-0.1, -0.05) is 29.8 Å². The Balaban J connectivity index is 1.65. The molecule has 1 atom stereocenters. The number of nitrogens with zero attached hydrogens (tertiary/aromatic N) is 1.